The number of aryl methyl sites for hydroxylation is 2. The second-order valence-corrected chi connectivity index (χ2v) is 19.1. The summed E-state index contributed by atoms with van der Waals surface area (Å²) in [5.41, 5.74) is 17.1. The van der Waals surface area contributed by atoms with Crippen LogP contribution in [-0.2, 0) is 34.1 Å². The third kappa shape index (κ3) is 5.69. The third-order valence-electron chi connectivity index (χ3n) is 10.2. The molecule has 0 aromatic heterocycles. The number of hydrogen-bond acceptors (Lipinski definition) is 0. The summed E-state index contributed by atoms with van der Waals surface area (Å²) in [6, 6.07) is 59.7. The molecular formula is C47H40Zr. The number of hydrogen-bond donors (Lipinski definition) is 0. The summed E-state index contributed by atoms with van der Waals surface area (Å²) < 4.78 is 3.65. The molecule has 0 nitrogen and oxygen atoms in total. The normalized spacial score (nSPS) is 13.7. The van der Waals surface area contributed by atoms with Gasteiger partial charge in [-0.15, -0.1) is 0 Å². The molecule has 2 aliphatic carbocycles. The van der Waals surface area contributed by atoms with Gasteiger partial charge < -0.3 is 0 Å². The van der Waals surface area contributed by atoms with Gasteiger partial charge in [0.2, 0.25) is 0 Å². The Labute approximate surface area is 293 Å². The van der Waals surface area contributed by atoms with E-state index in [0.29, 0.717) is 3.63 Å². The van der Waals surface area contributed by atoms with Gasteiger partial charge in [0, 0.05) is 0 Å². The molecule has 0 spiro atoms. The van der Waals surface area contributed by atoms with Crippen molar-refractivity contribution in [2.45, 2.75) is 36.7 Å². The predicted octanol–water partition coefficient (Wildman–Crippen LogP) is 11.7. The molecule has 0 fully saturated rings. The molecule has 0 N–H and O–H groups in total. The molecule has 6 aromatic rings. The first-order chi connectivity index (χ1) is 23.7. The van der Waals surface area contributed by atoms with E-state index in [2.05, 4.69) is 178 Å². The van der Waals surface area contributed by atoms with Gasteiger partial charge >= 0.3 is 295 Å². The van der Waals surface area contributed by atoms with Crippen LogP contribution in [0.15, 0.2) is 167 Å². The number of benzene rings is 6. The Morgan fingerprint density at radius 1 is 0.542 bits per heavy atom. The second kappa shape index (κ2) is 13.6. The predicted molar refractivity (Wildman–Crippen MR) is 201 cm³/mol. The standard InChI is InChI=1S/C17H17.C17H13.C13H10.Zr/c1-3-12-5-7-16-14(9-12)11-15-10-13(4-2)6-8-17(15)16;1-3-7-14(8-4-1)16-11-12-17(13-16)15-9-5-2-6-10-15;1-3-7-12(8-4-1)11-13-9-5-2-6-10-13;/h5-11H,3-4H2,1-2H3;1-10,13H,11H2;1-10H;. The fourth-order valence-electron chi connectivity index (χ4n) is 7.82. The topological polar surface area (TPSA) is 0 Å². The van der Waals surface area contributed by atoms with Crippen molar-refractivity contribution in [2.24, 2.45) is 0 Å². The zero-order chi connectivity index (χ0) is 32.5. The molecule has 0 unspecified atom stereocenters. The van der Waals surface area contributed by atoms with E-state index in [1.54, 1.807) is 17.6 Å². The van der Waals surface area contributed by atoms with Gasteiger partial charge in [-0.1, -0.05) is 0 Å². The minimum atomic E-state index is -3.00. The minimum absolute atomic E-state index is 0.364. The van der Waals surface area contributed by atoms with E-state index in [0.717, 1.165) is 19.3 Å². The van der Waals surface area contributed by atoms with E-state index in [-0.39, 0.29) is 0 Å². The first kappa shape index (κ1) is 30.9. The quantitative estimate of drug-likeness (QED) is 0.149. The van der Waals surface area contributed by atoms with Crippen LogP contribution in [0.3, 0.4) is 0 Å². The van der Waals surface area contributed by atoms with Crippen molar-refractivity contribution >= 4 is 14.4 Å². The maximum atomic E-state index is 2.57. The molecule has 48 heavy (non-hydrogen) atoms. The third-order valence-corrected chi connectivity index (χ3v) is 18.6. The van der Waals surface area contributed by atoms with Crippen molar-refractivity contribution in [1.29, 1.82) is 0 Å². The van der Waals surface area contributed by atoms with Crippen LogP contribution in [0.2, 0.25) is 0 Å². The number of fused-ring (bicyclic) bond motifs is 3. The van der Waals surface area contributed by atoms with Crippen molar-refractivity contribution in [2.75, 3.05) is 0 Å². The van der Waals surface area contributed by atoms with Gasteiger partial charge in [-0.25, -0.2) is 0 Å². The average molecular weight is 696 g/mol. The first-order valence-electron chi connectivity index (χ1n) is 17.4. The summed E-state index contributed by atoms with van der Waals surface area (Å²) in [5.74, 6) is 0. The van der Waals surface area contributed by atoms with Crippen molar-refractivity contribution in [3.63, 3.8) is 0 Å². The summed E-state index contributed by atoms with van der Waals surface area (Å²) in [5, 5.41) is 0. The molecule has 8 rings (SSSR count). The SMILES string of the molecule is CCc1ccc2c(c1)[CH]([Zr]([C]1=C(c3ccccc3)C=C(c3ccccc3)C1)=[C](c1ccccc1)c1ccccc1)c1cc(CC)ccc1-2. The van der Waals surface area contributed by atoms with E-state index in [4.69, 9.17) is 0 Å². The Morgan fingerprint density at radius 2 is 1.00 bits per heavy atom. The molecule has 0 radical (unpaired) electrons. The van der Waals surface area contributed by atoms with E-state index < -0.39 is 21.3 Å². The number of allylic oxidation sites excluding steroid dienone is 4. The molecule has 0 heterocycles. The van der Waals surface area contributed by atoms with Crippen LogP contribution in [0.1, 0.15) is 68.4 Å². The molecule has 6 aromatic carbocycles. The zero-order valence-electron chi connectivity index (χ0n) is 27.8. The monoisotopic (exact) mass is 694 g/mol. The molecule has 2 aliphatic rings. The first-order valence-corrected chi connectivity index (χ1v) is 21.3. The summed E-state index contributed by atoms with van der Waals surface area (Å²) in [7, 11) is 0. The van der Waals surface area contributed by atoms with Gasteiger partial charge in [-0.2, -0.15) is 0 Å². The van der Waals surface area contributed by atoms with Gasteiger partial charge in [-0.3, -0.25) is 0 Å². The molecule has 0 amide bonds. The van der Waals surface area contributed by atoms with E-state index in [1.807, 2.05) is 0 Å². The van der Waals surface area contributed by atoms with E-state index in [1.165, 1.54) is 55.7 Å². The number of rotatable bonds is 8. The Balaban J connectivity index is 1.51. The van der Waals surface area contributed by atoms with Crippen LogP contribution in [0, 0.1) is 0 Å². The van der Waals surface area contributed by atoms with Crippen LogP contribution in [0.5, 0.6) is 0 Å². The van der Waals surface area contributed by atoms with Gasteiger partial charge in [-0.05, 0) is 0 Å². The summed E-state index contributed by atoms with van der Waals surface area (Å²) in [6.07, 6.45) is 5.62. The Kier molecular flexibility index (Phi) is 8.73. The van der Waals surface area contributed by atoms with Gasteiger partial charge in [0.05, 0.1) is 0 Å². The average Bonchev–Trinajstić information content (AvgIpc) is 3.74. The van der Waals surface area contributed by atoms with Gasteiger partial charge in [0.25, 0.3) is 0 Å². The summed E-state index contributed by atoms with van der Waals surface area (Å²) in [4.78, 5) is 0. The van der Waals surface area contributed by atoms with Crippen molar-refractivity contribution in [3.8, 4) is 11.1 Å². The van der Waals surface area contributed by atoms with Gasteiger partial charge in [0.15, 0.2) is 0 Å². The second-order valence-electron chi connectivity index (χ2n) is 13.0. The van der Waals surface area contributed by atoms with Crippen LogP contribution in [0.4, 0.5) is 0 Å². The van der Waals surface area contributed by atoms with Crippen molar-refractivity contribution in [1.82, 2.24) is 0 Å². The molecule has 0 saturated heterocycles. The molecule has 0 aliphatic heterocycles. The summed E-state index contributed by atoms with van der Waals surface area (Å²) in [6.45, 7) is 4.59. The maximum absolute atomic E-state index is 3.00. The fraction of sp³-hybridized carbons (Fsp3) is 0.128. The molecule has 0 atom stereocenters. The Bertz CT molecular complexity index is 2090. The van der Waals surface area contributed by atoms with Crippen molar-refractivity contribution < 1.29 is 21.3 Å². The van der Waals surface area contributed by atoms with E-state index in [9.17, 15) is 0 Å². The summed E-state index contributed by atoms with van der Waals surface area (Å²) >= 11 is -3.00. The Hall–Kier alpha value is -4.45. The van der Waals surface area contributed by atoms with Crippen molar-refractivity contribution in [3.05, 3.63) is 212 Å². The molecule has 1 heteroatoms. The van der Waals surface area contributed by atoms with E-state index >= 15 is 0 Å². The van der Waals surface area contributed by atoms with Gasteiger partial charge in [0.1, 0.15) is 0 Å². The molecule has 232 valence electrons. The Morgan fingerprint density at radius 3 is 1.48 bits per heavy atom. The molecular weight excluding hydrogens is 656 g/mol. The van der Waals surface area contributed by atoms with Crippen LogP contribution in [-0.4, -0.2) is 3.21 Å². The van der Waals surface area contributed by atoms with Crippen LogP contribution >= 0.6 is 0 Å². The molecule has 0 bridgehead atoms. The fourth-order valence-corrected chi connectivity index (χ4v) is 17.4. The van der Waals surface area contributed by atoms with Crippen LogP contribution < -0.4 is 0 Å². The van der Waals surface area contributed by atoms with Crippen LogP contribution in [0.25, 0.3) is 22.3 Å². The molecule has 0 saturated carbocycles. The zero-order valence-corrected chi connectivity index (χ0v) is 30.2.